The number of carbonyl (C=O) groups excluding carboxylic acids is 1. The number of nitrogens with two attached hydrogens (primary N) is 1. The Morgan fingerprint density at radius 2 is 2.00 bits per heavy atom. The minimum Gasteiger partial charge on any atom is -0.490 e. The van der Waals surface area contributed by atoms with E-state index in [9.17, 15) is 9.18 Å². The molecule has 34 heavy (non-hydrogen) atoms. The van der Waals surface area contributed by atoms with Crippen molar-refractivity contribution in [3.05, 3.63) is 53.3 Å². The van der Waals surface area contributed by atoms with Crippen molar-refractivity contribution in [1.29, 1.82) is 0 Å². The van der Waals surface area contributed by atoms with Crippen LogP contribution < -0.4 is 10.5 Å². The average molecular weight is 464 g/mol. The van der Waals surface area contributed by atoms with Crippen molar-refractivity contribution >= 4 is 11.9 Å². The minimum absolute atomic E-state index is 0.130. The second-order valence-corrected chi connectivity index (χ2v) is 10.3. The number of fused-ring (bicyclic) bond motifs is 4. The molecule has 2 saturated carbocycles. The predicted molar refractivity (Wildman–Crippen MR) is 127 cm³/mol. The minimum atomic E-state index is -1.13. The molecular formula is C27H30FN3O3. The summed E-state index contributed by atoms with van der Waals surface area (Å²) in [5.41, 5.74) is 8.19. The second-order valence-electron chi connectivity index (χ2n) is 10.3. The lowest BCUT2D eigenvalue weighted by molar-refractivity contribution is -0.139. The van der Waals surface area contributed by atoms with Crippen LogP contribution >= 0.6 is 0 Å². The van der Waals surface area contributed by atoms with Gasteiger partial charge in [-0.25, -0.2) is 9.38 Å². The van der Waals surface area contributed by atoms with Gasteiger partial charge in [0.1, 0.15) is 17.7 Å². The van der Waals surface area contributed by atoms with Crippen LogP contribution in [0.4, 0.5) is 4.39 Å². The van der Waals surface area contributed by atoms with Gasteiger partial charge in [0.15, 0.2) is 11.5 Å². The maximum absolute atomic E-state index is 14.2. The zero-order valence-corrected chi connectivity index (χ0v) is 19.6. The highest BCUT2D eigenvalue weighted by Gasteiger charge is 2.61. The highest BCUT2D eigenvalue weighted by Crippen LogP contribution is 2.54. The van der Waals surface area contributed by atoms with E-state index in [1.54, 1.807) is 7.05 Å². The Labute approximate surface area is 198 Å². The lowest BCUT2D eigenvalue weighted by Gasteiger charge is -2.47. The Bertz CT molecular complexity index is 1170. The number of carbonyl (C=O) groups is 1. The molecule has 0 radical (unpaired) electrons. The van der Waals surface area contributed by atoms with Gasteiger partial charge >= 0.3 is 0 Å². The van der Waals surface area contributed by atoms with Crippen LogP contribution in [-0.4, -0.2) is 42.6 Å². The number of ether oxygens (including phenoxy) is 2. The van der Waals surface area contributed by atoms with Crippen molar-refractivity contribution in [2.24, 2.45) is 22.6 Å². The summed E-state index contributed by atoms with van der Waals surface area (Å²) in [5, 5.41) is 0. The molecule has 178 valence electrons. The topological polar surface area (TPSA) is 77.2 Å². The smallest absolute Gasteiger partial charge is 0.262 e. The van der Waals surface area contributed by atoms with E-state index >= 15 is 0 Å². The fraction of sp³-hybridized carbons (Fsp3) is 0.481. The Hall–Kier alpha value is -2.93. The third-order valence-electron chi connectivity index (χ3n) is 7.85. The van der Waals surface area contributed by atoms with Crippen LogP contribution in [0, 0.1) is 24.6 Å². The summed E-state index contributed by atoms with van der Waals surface area (Å²) in [6.07, 6.45) is 4.82. The van der Waals surface area contributed by atoms with Gasteiger partial charge in [0.25, 0.3) is 5.91 Å². The summed E-state index contributed by atoms with van der Waals surface area (Å²) >= 11 is 0. The molecule has 6 rings (SSSR count). The van der Waals surface area contributed by atoms with Crippen LogP contribution in [0.2, 0.25) is 0 Å². The van der Waals surface area contributed by atoms with Crippen LogP contribution in [0.15, 0.2) is 41.4 Å². The van der Waals surface area contributed by atoms with Gasteiger partial charge in [-0.3, -0.25) is 9.69 Å². The van der Waals surface area contributed by atoms with Gasteiger partial charge in [-0.2, -0.15) is 0 Å². The molecule has 2 aromatic rings. The Kier molecular flexibility index (Phi) is 4.96. The molecule has 6 nitrogen and oxygen atoms in total. The Morgan fingerprint density at radius 3 is 2.71 bits per heavy atom. The van der Waals surface area contributed by atoms with E-state index in [-0.39, 0.29) is 35.8 Å². The predicted octanol–water partition coefficient (Wildman–Crippen LogP) is 4.14. The standard InChI is InChI=1S/C27H30FN3O3/c1-15-9-18(11-19(28)10-15)17-5-8-23-22(12-17)27(25(32)31(2)26(29)30-27)21-7-6-20(13-24(21)34-23)33-14-16-3-4-16/h5,8-12,16,20-21,24H,3-4,6-7,13-14H2,1-2H3,(H2,29,30). The average Bonchev–Trinajstić information content (AvgIpc) is 3.61. The van der Waals surface area contributed by atoms with Crippen LogP contribution in [0.3, 0.4) is 0 Å². The summed E-state index contributed by atoms with van der Waals surface area (Å²) in [7, 11) is 1.67. The van der Waals surface area contributed by atoms with Crippen molar-refractivity contribution in [2.75, 3.05) is 13.7 Å². The first-order valence-corrected chi connectivity index (χ1v) is 12.2. The molecule has 0 bridgehead atoms. The molecule has 0 saturated heterocycles. The lowest BCUT2D eigenvalue weighted by Crippen LogP contribution is -2.55. The first kappa shape index (κ1) is 21.6. The number of hydrogen-bond donors (Lipinski definition) is 1. The number of likely N-dealkylation sites (N-methyl/N-ethyl adjacent to an activating group) is 1. The largest absolute Gasteiger partial charge is 0.490 e. The fourth-order valence-electron chi connectivity index (χ4n) is 5.86. The van der Waals surface area contributed by atoms with Crippen molar-refractivity contribution in [1.82, 2.24) is 4.90 Å². The van der Waals surface area contributed by atoms with Gasteiger partial charge in [-0.15, -0.1) is 0 Å². The number of amides is 1. The van der Waals surface area contributed by atoms with E-state index < -0.39 is 5.54 Å². The van der Waals surface area contributed by atoms with E-state index in [2.05, 4.69) is 0 Å². The van der Waals surface area contributed by atoms with Crippen LogP contribution in [-0.2, 0) is 15.1 Å². The maximum Gasteiger partial charge on any atom is 0.262 e. The van der Waals surface area contributed by atoms with Crippen molar-refractivity contribution in [2.45, 2.75) is 56.8 Å². The summed E-state index contributed by atoms with van der Waals surface area (Å²) in [6, 6.07) is 10.7. The van der Waals surface area contributed by atoms with Gasteiger partial charge in [0.05, 0.1) is 6.10 Å². The van der Waals surface area contributed by atoms with Crippen LogP contribution in [0.25, 0.3) is 11.1 Å². The molecule has 2 heterocycles. The first-order valence-electron chi connectivity index (χ1n) is 12.2. The second kappa shape index (κ2) is 7.80. The monoisotopic (exact) mass is 463 g/mol. The number of aryl methyl sites for hydroxylation is 1. The van der Waals surface area contributed by atoms with Gasteiger partial charge in [-0.05, 0) is 79.5 Å². The number of halogens is 1. The first-order chi connectivity index (χ1) is 16.3. The van der Waals surface area contributed by atoms with E-state index in [4.69, 9.17) is 20.2 Å². The molecule has 2 aliphatic carbocycles. The molecular weight excluding hydrogens is 433 g/mol. The van der Waals surface area contributed by atoms with E-state index in [1.165, 1.54) is 29.9 Å². The summed E-state index contributed by atoms with van der Waals surface area (Å²) in [6.45, 7) is 2.68. The van der Waals surface area contributed by atoms with Gasteiger partial charge in [-0.1, -0.05) is 12.1 Å². The molecule has 2 aliphatic heterocycles. The van der Waals surface area contributed by atoms with Crippen LogP contribution in [0.1, 0.15) is 43.2 Å². The maximum atomic E-state index is 14.2. The SMILES string of the molecule is Cc1cc(F)cc(-c2ccc3c(c2)C2(N=C(N)N(C)C2=O)C2CCC(OCC4CC4)CC2O3)c1. The zero-order chi connectivity index (χ0) is 23.6. The third-order valence-corrected chi connectivity index (χ3v) is 7.85. The van der Waals surface area contributed by atoms with E-state index in [0.717, 1.165) is 42.6 Å². The number of nitrogens with zero attached hydrogens (tertiary/aromatic N) is 2. The molecule has 4 atom stereocenters. The summed E-state index contributed by atoms with van der Waals surface area (Å²) < 4.78 is 26.8. The van der Waals surface area contributed by atoms with Crippen molar-refractivity contribution in [3.8, 4) is 16.9 Å². The van der Waals surface area contributed by atoms with Gasteiger partial charge in [0, 0.05) is 31.6 Å². The Morgan fingerprint density at radius 1 is 1.18 bits per heavy atom. The lowest BCUT2D eigenvalue weighted by atomic mass is 9.66. The molecule has 2 fully saturated rings. The molecule has 7 heteroatoms. The van der Waals surface area contributed by atoms with E-state index in [1.807, 2.05) is 31.2 Å². The van der Waals surface area contributed by atoms with Gasteiger partial charge in [0.2, 0.25) is 0 Å². The zero-order valence-electron chi connectivity index (χ0n) is 19.6. The molecule has 1 spiro atoms. The molecule has 2 aromatic carbocycles. The quantitative estimate of drug-likeness (QED) is 0.739. The van der Waals surface area contributed by atoms with Crippen molar-refractivity contribution < 1.29 is 18.7 Å². The van der Waals surface area contributed by atoms with Crippen LogP contribution in [0.5, 0.6) is 5.75 Å². The number of hydrogen-bond acceptors (Lipinski definition) is 5. The number of aliphatic imine (C=N–C) groups is 1. The van der Waals surface area contributed by atoms with E-state index in [0.29, 0.717) is 17.2 Å². The molecule has 2 N–H and O–H groups in total. The summed E-state index contributed by atoms with van der Waals surface area (Å²) in [4.78, 5) is 20.0. The highest BCUT2D eigenvalue weighted by atomic mass is 19.1. The fourth-order valence-corrected chi connectivity index (χ4v) is 5.86. The number of benzene rings is 2. The number of guanidine groups is 1. The summed E-state index contributed by atoms with van der Waals surface area (Å²) in [5.74, 6) is 1.01. The molecule has 4 unspecified atom stereocenters. The van der Waals surface area contributed by atoms with Crippen molar-refractivity contribution in [3.63, 3.8) is 0 Å². The normalized spacial score (nSPS) is 30.1. The molecule has 0 aromatic heterocycles. The third kappa shape index (κ3) is 3.40. The van der Waals surface area contributed by atoms with Gasteiger partial charge < -0.3 is 15.2 Å². The number of rotatable bonds is 4. The highest BCUT2D eigenvalue weighted by molar-refractivity contribution is 6.07. The molecule has 4 aliphatic rings. The molecule has 1 amide bonds. The Balaban J connectivity index is 1.42.